The minimum absolute atomic E-state index is 0.000411. The van der Waals surface area contributed by atoms with Gasteiger partial charge in [-0.05, 0) is 50.2 Å². The van der Waals surface area contributed by atoms with Gasteiger partial charge in [0.1, 0.15) is 11.5 Å². The molecule has 0 radical (unpaired) electrons. The SMILES string of the molecule is CCOc1ccc(NC(=O)CCC(=O)N/N=C(/C)c2ccccc2O)cc1. The fraction of sp³-hybridized carbons (Fsp3) is 0.250. The van der Waals surface area contributed by atoms with Gasteiger partial charge in [0.2, 0.25) is 11.8 Å². The van der Waals surface area contributed by atoms with Crippen molar-refractivity contribution in [2.24, 2.45) is 5.10 Å². The Hall–Kier alpha value is -3.35. The Bertz CT molecular complexity index is 816. The van der Waals surface area contributed by atoms with Crippen molar-refractivity contribution in [3.63, 3.8) is 0 Å². The van der Waals surface area contributed by atoms with Crippen LogP contribution in [0.4, 0.5) is 5.69 Å². The van der Waals surface area contributed by atoms with Gasteiger partial charge in [0.25, 0.3) is 0 Å². The van der Waals surface area contributed by atoms with Gasteiger partial charge in [-0.25, -0.2) is 5.43 Å². The molecule has 27 heavy (non-hydrogen) atoms. The summed E-state index contributed by atoms with van der Waals surface area (Å²) in [6.45, 7) is 4.15. The summed E-state index contributed by atoms with van der Waals surface area (Å²) in [5.41, 5.74) is 4.03. The molecule has 142 valence electrons. The Morgan fingerprint density at radius 1 is 1.04 bits per heavy atom. The van der Waals surface area contributed by atoms with Crippen LogP contribution < -0.4 is 15.5 Å². The van der Waals surface area contributed by atoms with Crippen molar-refractivity contribution in [2.45, 2.75) is 26.7 Å². The minimum Gasteiger partial charge on any atom is -0.507 e. The number of aromatic hydroxyl groups is 1. The van der Waals surface area contributed by atoms with Crippen LogP contribution in [0.1, 0.15) is 32.3 Å². The molecule has 0 saturated heterocycles. The van der Waals surface area contributed by atoms with E-state index in [1.807, 2.05) is 6.92 Å². The molecular formula is C20H23N3O4. The topological polar surface area (TPSA) is 100 Å². The average Bonchev–Trinajstić information content (AvgIpc) is 2.66. The largest absolute Gasteiger partial charge is 0.507 e. The molecule has 0 saturated carbocycles. The number of hydrogen-bond acceptors (Lipinski definition) is 5. The van der Waals surface area contributed by atoms with E-state index in [1.54, 1.807) is 55.5 Å². The van der Waals surface area contributed by atoms with E-state index in [9.17, 15) is 14.7 Å². The number of carbonyl (C=O) groups excluding carboxylic acids is 2. The lowest BCUT2D eigenvalue weighted by atomic mass is 10.1. The second kappa shape index (κ2) is 9.96. The molecule has 2 amide bonds. The molecule has 0 spiro atoms. The maximum atomic E-state index is 11.9. The standard InChI is InChI=1S/C20H23N3O4/c1-3-27-16-10-8-15(9-11-16)21-19(25)12-13-20(26)23-22-14(2)17-6-4-5-7-18(17)24/h4-11,24H,3,12-13H2,1-2H3,(H,21,25)(H,23,26)/b22-14-. The summed E-state index contributed by atoms with van der Waals surface area (Å²) < 4.78 is 5.34. The van der Waals surface area contributed by atoms with Gasteiger partial charge in [-0.15, -0.1) is 0 Å². The summed E-state index contributed by atoms with van der Waals surface area (Å²) in [5, 5.41) is 16.4. The highest BCUT2D eigenvalue weighted by Gasteiger charge is 2.08. The maximum Gasteiger partial charge on any atom is 0.240 e. The predicted molar refractivity (Wildman–Crippen MR) is 104 cm³/mol. The summed E-state index contributed by atoms with van der Waals surface area (Å²) in [6.07, 6.45) is 0.0324. The zero-order valence-electron chi connectivity index (χ0n) is 15.4. The van der Waals surface area contributed by atoms with Gasteiger partial charge in [0.05, 0.1) is 12.3 Å². The van der Waals surface area contributed by atoms with Crippen molar-refractivity contribution in [1.29, 1.82) is 0 Å². The van der Waals surface area contributed by atoms with E-state index in [2.05, 4.69) is 15.8 Å². The number of phenolic OH excluding ortho intramolecular Hbond substituents is 1. The van der Waals surface area contributed by atoms with Crippen LogP contribution in [-0.4, -0.2) is 29.2 Å². The number of ether oxygens (including phenoxy) is 1. The van der Waals surface area contributed by atoms with Crippen LogP contribution in [0.5, 0.6) is 11.5 Å². The molecule has 0 aromatic heterocycles. The molecule has 2 aromatic rings. The predicted octanol–water partition coefficient (Wildman–Crippen LogP) is 3.05. The normalized spacial score (nSPS) is 11.0. The lowest BCUT2D eigenvalue weighted by molar-refractivity contribution is -0.124. The number of anilines is 1. The fourth-order valence-electron chi connectivity index (χ4n) is 2.29. The van der Waals surface area contributed by atoms with Gasteiger partial charge in [-0.3, -0.25) is 9.59 Å². The van der Waals surface area contributed by atoms with Crippen LogP contribution in [0.3, 0.4) is 0 Å². The number of para-hydroxylation sites is 1. The Morgan fingerprint density at radius 3 is 2.37 bits per heavy atom. The summed E-state index contributed by atoms with van der Waals surface area (Å²) in [5.74, 6) is 0.164. The van der Waals surface area contributed by atoms with Crippen LogP contribution in [0.25, 0.3) is 0 Å². The first-order valence-electron chi connectivity index (χ1n) is 8.63. The molecule has 0 bridgehead atoms. The highest BCUT2D eigenvalue weighted by Crippen LogP contribution is 2.17. The highest BCUT2D eigenvalue weighted by atomic mass is 16.5. The van der Waals surface area contributed by atoms with Crippen molar-refractivity contribution < 1.29 is 19.4 Å². The molecule has 0 aliphatic carbocycles. The summed E-state index contributed by atoms with van der Waals surface area (Å²) in [6, 6.07) is 13.7. The van der Waals surface area contributed by atoms with E-state index in [0.29, 0.717) is 23.6 Å². The molecule has 0 heterocycles. The van der Waals surface area contributed by atoms with E-state index in [4.69, 9.17) is 4.74 Å². The van der Waals surface area contributed by atoms with E-state index in [1.165, 1.54) is 0 Å². The van der Waals surface area contributed by atoms with Crippen molar-refractivity contribution in [3.8, 4) is 11.5 Å². The molecule has 2 rings (SSSR count). The second-order valence-electron chi connectivity index (χ2n) is 5.75. The number of benzene rings is 2. The molecule has 0 fully saturated rings. The smallest absolute Gasteiger partial charge is 0.240 e. The molecule has 2 aromatic carbocycles. The average molecular weight is 369 g/mol. The van der Waals surface area contributed by atoms with Gasteiger partial charge in [-0.1, -0.05) is 12.1 Å². The maximum absolute atomic E-state index is 11.9. The van der Waals surface area contributed by atoms with Crippen LogP contribution in [-0.2, 0) is 9.59 Å². The van der Waals surface area contributed by atoms with E-state index in [-0.39, 0.29) is 30.4 Å². The van der Waals surface area contributed by atoms with Crippen molar-refractivity contribution in [2.75, 3.05) is 11.9 Å². The van der Waals surface area contributed by atoms with Gasteiger partial charge >= 0.3 is 0 Å². The van der Waals surface area contributed by atoms with Crippen molar-refractivity contribution in [1.82, 2.24) is 5.43 Å². The first-order valence-corrected chi connectivity index (χ1v) is 8.63. The molecule has 0 atom stereocenters. The number of nitrogens with one attached hydrogen (secondary N) is 2. The zero-order valence-corrected chi connectivity index (χ0v) is 15.4. The van der Waals surface area contributed by atoms with Crippen LogP contribution >= 0.6 is 0 Å². The molecule has 7 heteroatoms. The van der Waals surface area contributed by atoms with Gasteiger partial charge in [0, 0.05) is 24.1 Å². The first-order chi connectivity index (χ1) is 13.0. The van der Waals surface area contributed by atoms with E-state index < -0.39 is 0 Å². The molecule has 0 aliphatic rings. The molecule has 0 aliphatic heterocycles. The molecule has 3 N–H and O–H groups in total. The third-order valence-electron chi connectivity index (χ3n) is 3.67. The Kier molecular flexibility index (Phi) is 7.37. The monoisotopic (exact) mass is 369 g/mol. The fourth-order valence-corrected chi connectivity index (χ4v) is 2.29. The number of hydrogen-bond donors (Lipinski definition) is 3. The Labute approximate surface area is 158 Å². The lowest BCUT2D eigenvalue weighted by Gasteiger charge is -2.07. The number of rotatable bonds is 8. The Morgan fingerprint density at radius 2 is 1.70 bits per heavy atom. The number of amides is 2. The summed E-state index contributed by atoms with van der Waals surface area (Å²) in [7, 11) is 0. The number of phenols is 1. The van der Waals surface area contributed by atoms with E-state index >= 15 is 0 Å². The van der Waals surface area contributed by atoms with E-state index in [0.717, 1.165) is 5.75 Å². The zero-order chi connectivity index (χ0) is 19.6. The highest BCUT2D eigenvalue weighted by molar-refractivity contribution is 6.01. The lowest BCUT2D eigenvalue weighted by Crippen LogP contribution is -2.21. The van der Waals surface area contributed by atoms with Crippen LogP contribution in [0.2, 0.25) is 0 Å². The first kappa shape index (κ1) is 20.0. The van der Waals surface area contributed by atoms with Crippen molar-refractivity contribution in [3.05, 3.63) is 54.1 Å². The van der Waals surface area contributed by atoms with Gasteiger partial charge in [-0.2, -0.15) is 5.10 Å². The van der Waals surface area contributed by atoms with Crippen LogP contribution in [0, 0.1) is 0 Å². The number of hydrazone groups is 1. The van der Waals surface area contributed by atoms with Gasteiger partial charge < -0.3 is 15.2 Å². The quantitative estimate of drug-likeness (QED) is 0.492. The second-order valence-corrected chi connectivity index (χ2v) is 5.75. The third-order valence-corrected chi connectivity index (χ3v) is 3.67. The third kappa shape index (κ3) is 6.47. The summed E-state index contributed by atoms with van der Waals surface area (Å²) in [4.78, 5) is 23.8. The molecular weight excluding hydrogens is 346 g/mol. The molecule has 0 unspecified atom stereocenters. The van der Waals surface area contributed by atoms with Crippen LogP contribution in [0.15, 0.2) is 53.6 Å². The summed E-state index contributed by atoms with van der Waals surface area (Å²) >= 11 is 0. The molecule has 7 nitrogen and oxygen atoms in total. The van der Waals surface area contributed by atoms with Crippen molar-refractivity contribution >= 4 is 23.2 Å². The van der Waals surface area contributed by atoms with Gasteiger partial charge in [0.15, 0.2) is 0 Å². The number of carbonyl (C=O) groups is 2. The number of nitrogens with zero attached hydrogens (tertiary/aromatic N) is 1. The minimum atomic E-state index is -0.383. The Balaban J connectivity index is 1.78.